The summed E-state index contributed by atoms with van der Waals surface area (Å²) in [6, 6.07) is 3.80. The Kier molecular flexibility index (Phi) is 5.51. The number of nitrogens with zero attached hydrogens (tertiary/aromatic N) is 1. The zero-order valence-corrected chi connectivity index (χ0v) is 13.1. The molecule has 7 heteroatoms. The number of sulfonamides is 1. The van der Waals surface area contributed by atoms with Crippen molar-refractivity contribution in [1.29, 1.82) is 0 Å². The Morgan fingerprint density at radius 1 is 1.43 bits per heavy atom. The first-order valence-electron chi connectivity index (χ1n) is 6.31. The lowest BCUT2D eigenvalue weighted by Crippen LogP contribution is -2.28. The summed E-state index contributed by atoms with van der Waals surface area (Å²) in [7, 11) is -2.35. The Hall–Kier alpha value is -1.86. The molecular weight excluding hydrogens is 294 g/mol. The molecule has 1 aromatic rings. The van der Waals surface area contributed by atoms with Crippen LogP contribution in [0.5, 0.6) is 5.75 Å². The van der Waals surface area contributed by atoms with Crippen molar-refractivity contribution in [2.45, 2.75) is 18.7 Å². The Morgan fingerprint density at radius 3 is 2.52 bits per heavy atom. The fourth-order valence-corrected chi connectivity index (χ4v) is 3.02. The number of rotatable bonds is 7. The van der Waals surface area contributed by atoms with Crippen LogP contribution in [0.15, 0.2) is 35.2 Å². The second-order valence-corrected chi connectivity index (χ2v) is 6.66. The van der Waals surface area contributed by atoms with E-state index >= 15 is 0 Å². The molecule has 0 fully saturated rings. The third-order valence-corrected chi connectivity index (χ3v) is 4.48. The number of hydrogen-bond acceptors (Lipinski definition) is 4. The normalized spacial score (nSPS) is 11.4. The summed E-state index contributed by atoms with van der Waals surface area (Å²) in [6.07, 6.45) is 0. The van der Waals surface area contributed by atoms with Gasteiger partial charge < -0.3 is 9.84 Å². The van der Waals surface area contributed by atoms with E-state index in [2.05, 4.69) is 6.58 Å². The predicted octanol–water partition coefficient (Wildman–Crippen LogP) is 1.98. The van der Waals surface area contributed by atoms with Crippen LogP contribution < -0.4 is 4.74 Å². The molecule has 0 bridgehead atoms. The standard InChI is InChI=1S/C14H19NO5S/c1-5-20-13-7-6-11(8-12(13)14(16)17)21(18,19)15(4)9-10(2)3/h6-8H,2,5,9H2,1,3-4H3,(H,16,17). The minimum absolute atomic E-state index is 0.0906. The van der Waals surface area contributed by atoms with Crippen LogP contribution in [0.2, 0.25) is 0 Å². The van der Waals surface area contributed by atoms with Crippen molar-refractivity contribution < 1.29 is 23.1 Å². The minimum atomic E-state index is -3.77. The van der Waals surface area contributed by atoms with E-state index in [1.54, 1.807) is 13.8 Å². The summed E-state index contributed by atoms with van der Waals surface area (Å²) in [4.78, 5) is 11.1. The Balaban J connectivity index is 3.28. The van der Waals surface area contributed by atoms with Gasteiger partial charge in [-0.25, -0.2) is 13.2 Å². The number of carboxylic acid groups (broad SMARTS) is 1. The molecule has 0 saturated heterocycles. The highest BCUT2D eigenvalue weighted by Gasteiger charge is 2.23. The molecule has 0 saturated carbocycles. The molecular formula is C14H19NO5S. The van der Waals surface area contributed by atoms with Crippen LogP contribution >= 0.6 is 0 Å². The van der Waals surface area contributed by atoms with E-state index in [1.165, 1.54) is 19.2 Å². The predicted molar refractivity (Wildman–Crippen MR) is 79.2 cm³/mol. The number of aromatic carboxylic acids is 1. The molecule has 0 aliphatic rings. The maximum Gasteiger partial charge on any atom is 0.339 e. The van der Waals surface area contributed by atoms with Gasteiger partial charge in [0, 0.05) is 13.6 Å². The first kappa shape index (κ1) is 17.2. The maximum absolute atomic E-state index is 12.4. The van der Waals surface area contributed by atoms with Gasteiger partial charge in [0.2, 0.25) is 10.0 Å². The summed E-state index contributed by atoms with van der Waals surface area (Å²) >= 11 is 0. The molecule has 116 valence electrons. The molecule has 1 aromatic carbocycles. The molecule has 0 spiro atoms. The van der Waals surface area contributed by atoms with E-state index in [9.17, 15) is 13.2 Å². The Morgan fingerprint density at radius 2 is 2.05 bits per heavy atom. The Labute approximate surface area is 124 Å². The van der Waals surface area contributed by atoms with Crippen LogP contribution in [0.3, 0.4) is 0 Å². The third kappa shape index (κ3) is 4.05. The highest BCUT2D eigenvalue weighted by molar-refractivity contribution is 7.89. The average Bonchev–Trinajstić information content (AvgIpc) is 2.38. The summed E-state index contributed by atoms with van der Waals surface area (Å²) in [5.41, 5.74) is 0.507. The second-order valence-electron chi connectivity index (χ2n) is 4.61. The monoisotopic (exact) mass is 313 g/mol. The number of likely N-dealkylation sites (N-methyl/N-ethyl adjacent to an activating group) is 1. The molecule has 21 heavy (non-hydrogen) atoms. The van der Waals surface area contributed by atoms with Gasteiger partial charge in [0.05, 0.1) is 11.5 Å². The van der Waals surface area contributed by atoms with Crippen molar-refractivity contribution in [2.75, 3.05) is 20.2 Å². The largest absolute Gasteiger partial charge is 0.493 e. The van der Waals surface area contributed by atoms with E-state index in [4.69, 9.17) is 9.84 Å². The van der Waals surface area contributed by atoms with E-state index in [-0.39, 0.29) is 22.8 Å². The number of hydrogen-bond donors (Lipinski definition) is 1. The van der Waals surface area contributed by atoms with E-state index < -0.39 is 16.0 Å². The van der Waals surface area contributed by atoms with Crippen molar-refractivity contribution in [3.63, 3.8) is 0 Å². The summed E-state index contributed by atoms with van der Waals surface area (Å²) in [5, 5.41) is 9.16. The van der Waals surface area contributed by atoms with Gasteiger partial charge in [-0.1, -0.05) is 12.2 Å². The van der Waals surface area contributed by atoms with Crippen LogP contribution in [0.25, 0.3) is 0 Å². The van der Waals surface area contributed by atoms with E-state index in [0.717, 1.165) is 10.4 Å². The van der Waals surface area contributed by atoms with Gasteiger partial charge in [0.15, 0.2) is 0 Å². The zero-order valence-electron chi connectivity index (χ0n) is 12.3. The minimum Gasteiger partial charge on any atom is -0.493 e. The molecule has 0 heterocycles. The lowest BCUT2D eigenvalue weighted by atomic mass is 10.2. The lowest BCUT2D eigenvalue weighted by molar-refractivity contribution is 0.0692. The van der Waals surface area contributed by atoms with Crippen molar-refractivity contribution in [3.8, 4) is 5.75 Å². The van der Waals surface area contributed by atoms with Crippen molar-refractivity contribution in [3.05, 3.63) is 35.9 Å². The maximum atomic E-state index is 12.4. The van der Waals surface area contributed by atoms with E-state index in [1.807, 2.05) is 0 Å². The average molecular weight is 313 g/mol. The molecule has 0 aromatic heterocycles. The van der Waals surface area contributed by atoms with Gasteiger partial charge in [-0.3, -0.25) is 0 Å². The van der Waals surface area contributed by atoms with Crippen LogP contribution in [0, 0.1) is 0 Å². The first-order valence-corrected chi connectivity index (χ1v) is 7.75. The first-order chi connectivity index (χ1) is 9.70. The van der Waals surface area contributed by atoms with Crippen molar-refractivity contribution >= 4 is 16.0 Å². The molecule has 0 unspecified atom stereocenters. The van der Waals surface area contributed by atoms with Crippen LogP contribution in [0.4, 0.5) is 0 Å². The van der Waals surface area contributed by atoms with Crippen LogP contribution in [-0.4, -0.2) is 44.0 Å². The third-order valence-electron chi connectivity index (χ3n) is 2.68. The van der Waals surface area contributed by atoms with Gasteiger partial charge >= 0.3 is 5.97 Å². The topological polar surface area (TPSA) is 83.9 Å². The summed E-state index contributed by atoms with van der Waals surface area (Å²) < 4.78 is 31.0. The molecule has 1 N–H and O–H groups in total. The quantitative estimate of drug-likeness (QED) is 0.778. The fourth-order valence-electron chi connectivity index (χ4n) is 1.76. The van der Waals surface area contributed by atoms with Gasteiger partial charge in [-0.2, -0.15) is 4.31 Å². The SMILES string of the molecule is C=C(C)CN(C)S(=O)(=O)c1ccc(OCC)c(C(=O)O)c1. The Bertz CT molecular complexity index is 651. The fraction of sp³-hybridized carbons (Fsp3) is 0.357. The van der Waals surface area contributed by atoms with Gasteiger partial charge in [-0.05, 0) is 32.0 Å². The van der Waals surface area contributed by atoms with E-state index in [0.29, 0.717) is 12.2 Å². The molecule has 0 radical (unpaired) electrons. The summed E-state index contributed by atoms with van der Waals surface area (Å²) in [5.74, 6) is -1.09. The van der Waals surface area contributed by atoms with Gasteiger partial charge in [0.1, 0.15) is 11.3 Å². The van der Waals surface area contributed by atoms with Crippen LogP contribution in [0.1, 0.15) is 24.2 Å². The van der Waals surface area contributed by atoms with Crippen LogP contribution in [-0.2, 0) is 10.0 Å². The molecule has 0 aliphatic carbocycles. The molecule has 0 atom stereocenters. The number of benzene rings is 1. The molecule has 1 rings (SSSR count). The highest BCUT2D eigenvalue weighted by atomic mass is 32.2. The number of ether oxygens (including phenoxy) is 1. The smallest absolute Gasteiger partial charge is 0.339 e. The second kappa shape index (κ2) is 6.73. The summed E-state index contributed by atoms with van der Waals surface area (Å²) in [6.45, 7) is 7.56. The number of carbonyl (C=O) groups is 1. The van der Waals surface area contributed by atoms with Gasteiger partial charge in [-0.15, -0.1) is 0 Å². The van der Waals surface area contributed by atoms with Gasteiger partial charge in [0.25, 0.3) is 0 Å². The number of carboxylic acids is 1. The lowest BCUT2D eigenvalue weighted by Gasteiger charge is -2.18. The molecule has 0 aliphatic heterocycles. The molecule has 6 nitrogen and oxygen atoms in total. The van der Waals surface area contributed by atoms with Crippen molar-refractivity contribution in [1.82, 2.24) is 4.31 Å². The van der Waals surface area contributed by atoms with Crippen molar-refractivity contribution in [2.24, 2.45) is 0 Å². The highest BCUT2D eigenvalue weighted by Crippen LogP contribution is 2.24. The molecule has 0 amide bonds. The zero-order chi connectivity index (χ0) is 16.2.